The summed E-state index contributed by atoms with van der Waals surface area (Å²) in [6, 6.07) is 7.66. The third-order valence-corrected chi connectivity index (χ3v) is 11.2. The molecule has 4 aliphatic rings. The number of benzene rings is 1. The highest BCUT2D eigenvalue weighted by Gasteiger charge is 2.77. The van der Waals surface area contributed by atoms with Gasteiger partial charge >= 0.3 is 5.97 Å². The molecule has 274 valence electrons. The van der Waals surface area contributed by atoms with Crippen molar-refractivity contribution in [3.05, 3.63) is 61.2 Å². The van der Waals surface area contributed by atoms with E-state index in [-0.39, 0.29) is 42.1 Å². The number of nitrogens with one attached hydrogen (secondary N) is 1. The Bertz CT molecular complexity index is 1380. The van der Waals surface area contributed by atoms with Crippen LogP contribution >= 0.6 is 15.9 Å². The lowest BCUT2D eigenvalue weighted by Gasteiger charge is -2.38. The van der Waals surface area contributed by atoms with Crippen molar-refractivity contribution >= 4 is 39.6 Å². The van der Waals surface area contributed by atoms with Crippen molar-refractivity contribution in [2.24, 2.45) is 11.8 Å². The first-order valence-corrected chi connectivity index (χ1v) is 18.7. The van der Waals surface area contributed by atoms with Gasteiger partial charge in [-0.1, -0.05) is 58.4 Å². The third-order valence-electron chi connectivity index (χ3n) is 10.3. The number of nitrogens with zero attached hydrogens (tertiary/aromatic N) is 3. The monoisotopic (exact) mass is 758 g/mol. The SMILES string of the molecule is C=CCCC(=O)N[C@H](C)[C@@H](OC(=O)[C@@H]1[C@H]2O[C@@]3(CC2Br)[C@H](C(=O)N(CC=C)CCN2CCOCC2)N(CCCCO)C(=O)[C@@H]13)c1ccccc1. The Morgan fingerprint density at radius 2 is 1.90 bits per heavy atom. The number of aliphatic hydroxyl groups excluding tert-OH is 1. The molecule has 5 rings (SSSR count). The molecule has 4 heterocycles. The predicted molar refractivity (Wildman–Crippen MR) is 190 cm³/mol. The molecule has 3 amide bonds. The van der Waals surface area contributed by atoms with Crippen LogP contribution in [0.2, 0.25) is 0 Å². The van der Waals surface area contributed by atoms with Crippen LogP contribution < -0.4 is 5.32 Å². The molecule has 0 aromatic heterocycles. The largest absolute Gasteiger partial charge is 0.455 e. The number of esters is 1. The lowest BCUT2D eigenvalue weighted by Crippen LogP contribution is -2.57. The van der Waals surface area contributed by atoms with E-state index in [9.17, 15) is 24.3 Å². The van der Waals surface area contributed by atoms with Gasteiger partial charge in [0, 0.05) is 57.1 Å². The van der Waals surface area contributed by atoms with Gasteiger partial charge in [0.05, 0.1) is 37.2 Å². The Kier molecular flexibility index (Phi) is 13.3. The third kappa shape index (κ3) is 8.02. The van der Waals surface area contributed by atoms with Crippen LogP contribution in [-0.2, 0) is 33.4 Å². The Balaban J connectivity index is 1.43. The topological polar surface area (TPSA) is 138 Å². The van der Waals surface area contributed by atoms with Crippen LogP contribution in [0.15, 0.2) is 55.6 Å². The molecule has 0 aliphatic carbocycles. The van der Waals surface area contributed by atoms with E-state index in [1.54, 1.807) is 28.9 Å². The molecule has 0 saturated carbocycles. The first kappa shape index (κ1) is 38.1. The minimum atomic E-state index is -1.25. The molecule has 2 N–H and O–H groups in total. The summed E-state index contributed by atoms with van der Waals surface area (Å²) in [5.41, 5.74) is -0.551. The standard InChI is InChI=1S/C37H51BrN4O8/c1-4-6-14-28(44)39-25(3)31(26-12-8-7-9-13-26)49-36(47)29-30-34(45)42(16-10-11-21-43)33(37(30)24-27(38)32(29)50-37)35(46)41(15-5-2)18-17-40-19-22-48-23-20-40/h4-5,7-9,12-13,25,27,29-33,43H,1-2,6,10-11,14-24H2,3H3,(H,39,44)/t25-,27?,29+,30-,31-,32+,33+,37-/m1/s1. The van der Waals surface area contributed by atoms with E-state index >= 15 is 0 Å². The summed E-state index contributed by atoms with van der Waals surface area (Å²) < 4.78 is 18.5. The molecule has 12 nitrogen and oxygen atoms in total. The van der Waals surface area contributed by atoms with Crippen LogP contribution in [0.1, 0.15) is 50.7 Å². The molecule has 1 spiro atoms. The van der Waals surface area contributed by atoms with Crippen LogP contribution in [0, 0.1) is 11.8 Å². The maximum Gasteiger partial charge on any atom is 0.313 e. The Morgan fingerprint density at radius 3 is 2.58 bits per heavy atom. The molecule has 1 unspecified atom stereocenters. The van der Waals surface area contributed by atoms with E-state index in [0.717, 1.165) is 13.1 Å². The van der Waals surface area contributed by atoms with Crippen LogP contribution in [-0.4, -0.2) is 131 Å². The number of unbranched alkanes of at least 4 members (excludes halogenated alkanes) is 1. The van der Waals surface area contributed by atoms with E-state index in [1.807, 2.05) is 30.3 Å². The van der Waals surface area contributed by atoms with Gasteiger partial charge in [0.1, 0.15) is 17.7 Å². The van der Waals surface area contributed by atoms with Crippen LogP contribution in [0.3, 0.4) is 0 Å². The van der Waals surface area contributed by atoms with E-state index in [2.05, 4.69) is 39.3 Å². The van der Waals surface area contributed by atoms with Gasteiger partial charge in [0.15, 0.2) is 0 Å². The molecular formula is C37H51BrN4O8. The Labute approximate surface area is 303 Å². The lowest BCUT2D eigenvalue weighted by molar-refractivity contribution is -0.162. The van der Waals surface area contributed by atoms with E-state index in [0.29, 0.717) is 64.1 Å². The van der Waals surface area contributed by atoms with E-state index in [4.69, 9.17) is 14.2 Å². The van der Waals surface area contributed by atoms with Crippen molar-refractivity contribution in [3.8, 4) is 0 Å². The van der Waals surface area contributed by atoms with Gasteiger partial charge in [0.2, 0.25) is 17.7 Å². The molecule has 4 fully saturated rings. The van der Waals surface area contributed by atoms with Gasteiger partial charge in [-0.25, -0.2) is 0 Å². The number of carbonyl (C=O) groups is 4. The number of hydrogen-bond donors (Lipinski definition) is 2. The maximum absolute atomic E-state index is 14.7. The molecule has 1 aromatic rings. The number of ether oxygens (including phenoxy) is 3. The number of fused-ring (bicyclic) bond motifs is 1. The number of morpholine rings is 1. The number of hydrogen-bond acceptors (Lipinski definition) is 9. The van der Waals surface area contributed by atoms with Gasteiger partial charge in [-0.15, -0.1) is 13.2 Å². The van der Waals surface area contributed by atoms with Crippen molar-refractivity contribution in [1.82, 2.24) is 20.0 Å². The number of aliphatic hydroxyl groups is 1. The summed E-state index contributed by atoms with van der Waals surface area (Å²) in [7, 11) is 0. The molecule has 4 saturated heterocycles. The zero-order valence-electron chi connectivity index (χ0n) is 28.9. The highest BCUT2D eigenvalue weighted by Crippen LogP contribution is 2.60. The highest BCUT2D eigenvalue weighted by atomic mass is 79.9. The minimum Gasteiger partial charge on any atom is -0.455 e. The molecular weight excluding hydrogens is 708 g/mol. The summed E-state index contributed by atoms with van der Waals surface area (Å²) in [5.74, 6) is -3.28. The van der Waals surface area contributed by atoms with Gasteiger partial charge in [-0.3, -0.25) is 24.1 Å². The molecule has 13 heteroatoms. The average Bonchev–Trinajstić information content (AvgIpc) is 3.71. The smallest absolute Gasteiger partial charge is 0.313 e. The number of halogens is 1. The van der Waals surface area contributed by atoms with Gasteiger partial charge in [-0.05, 0) is 38.2 Å². The Hall–Kier alpha value is -3.10. The molecule has 4 aliphatic heterocycles. The van der Waals surface area contributed by atoms with Crippen LogP contribution in [0.25, 0.3) is 0 Å². The summed E-state index contributed by atoms with van der Waals surface area (Å²) >= 11 is 3.74. The molecule has 0 radical (unpaired) electrons. The highest BCUT2D eigenvalue weighted by molar-refractivity contribution is 9.09. The quantitative estimate of drug-likeness (QED) is 0.100. The Morgan fingerprint density at radius 1 is 1.16 bits per heavy atom. The number of likely N-dealkylation sites (tertiary alicyclic amines) is 1. The van der Waals surface area contributed by atoms with Crippen LogP contribution in [0.5, 0.6) is 0 Å². The average molecular weight is 760 g/mol. The first-order valence-electron chi connectivity index (χ1n) is 17.8. The van der Waals surface area contributed by atoms with Gasteiger partial charge in [0.25, 0.3) is 0 Å². The molecule has 2 bridgehead atoms. The number of alkyl halides is 1. The number of amides is 3. The second-order valence-electron chi connectivity index (χ2n) is 13.6. The summed E-state index contributed by atoms with van der Waals surface area (Å²) in [6.45, 7) is 13.8. The summed E-state index contributed by atoms with van der Waals surface area (Å²) in [6.07, 6.45) is 3.91. The normalized spacial score (nSPS) is 28.5. The van der Waals surface area contributed by atoms with E-state index in [1.165, 1.54) is 0 Å². The van der Waals surface area contributed by atoms with Crippen molar-refractivity contribution in [2.45, 2.75) is 73.7 Å². The molecule has 1 aromatic carbocycles. The van der Waals surface area contributed by atoms with E-state index < -0.39 is 47.7 Å². The zero-order chi connectivity index (χ0) is 35.8. The summed E-state index contributed by atoms with van der Waals surface area (Å²) in [5, 5.41) is 12.5. The minimum absolute atomic E-state index is 0.0441. The lowest BCUT2D eigenvalue weighted by atomic mass is 9.70. The predicted octanol–water partition coefficient (Wildman–Crippen LogP) is 2.61. The fourth-order valence-corrected chi connectivity index (χ4v) is 8.90. The zero-order valence-corrected chi connectivity index (χ0v) is 30.5. The second kappa shape index (κ2) is 17.4. The van der Waals surface area contributed by atoms with Gasteiger partial charge in [-0.2, -0.15) is 0 Å². The second-order valence-corrected chi connectivity index (χ2v) is 14.8. The first-order chi connectivity index (χ1) is 24.2. The van der Waals surface area contributed by atoms with Crippen molar-refractivity contribution in [1.29, 1.82) is 0 Å². The fraction of sp³-hybridized carbons (Fsp3) is 0.622. The summed E-state index contributed by atoms with van der Waals surface area (Å²) in [4.78, 5) is 61.5. The number of carbonyl (C=O) groups excluding carboxylic acids is 4. The molecule has 8 atom stereocenters. The molecule has 50 heavy (non-hydrogen) atoms. The number of allylic oxidation sites excluding steroid dienone is 1. The number of rotatable bonds is 18. The van der Waals surface area contributed by atoms with Crippen molar-refractivity contribution in [2.75, 3.05) is 59.1 Å². The van der Waals surface area contributed by atoms with Crippen LogP contribution in [0.4, 0.5) is 0 Å². The van der Waals surface area contributed by atoms with Crippen molar-refractivity contribution < 1.29 is 38.5 Å². The maximum atomic E-state index is 14.7. The van der Waals surface area contributed by atoms with Crippen molar-refractivity contribution in [3.63, 3.8) is 0 Å². The van der Waals surface area contributed by atoms with Gasteiger partial charge < -0.3 is 34.4 Å². The fourth-order valence-electron chi connectivity index (χ4n) is 7.96.